The van der Waals surface area contributed by atoms with Crippen LogP contribution in [0.2, 0.25) is 0 Å². The van der Waals surface area contributed by atoms with Crippen molar-refractivity contribution in [3.05, 3.63) is 22.4 Å². The van der Waals surface area contributed by atoms with Gasteiger partial charge in [-0.25, -0.2) is 0 Å². The van der Waals surface area contributed by atoms with Crippen molar-refractivity contribution < 1.29 is 0 Å². The number of hydrogen-bond acceptors (Lipinski definition) is 3. The summed E-state index contributed by atoms with van der Waals surface area (Å²) < 4.78 is 0. The second kappa shape index (κ2) is 6.67. The van der Waals surface area contributed by atoms with Crippen LogP contribution in [0.1, 0.15) is 44.2 Å². The molecule has 0 bridgehead atoms. The lowest BCUT2D eigenvalue weighted by atomic mass is 10.2. The Hall–Kier alpha value is 0.01000. The lowest BCUT2D eigenvalue weighted by molar-refractivity contribution is 0.606. The van der Waals surface area contributed by atoms with E-state index in [4.69, 9.17) is 0 Å². The third-order valence-electron chi connectivity index (χ3n) is 3.20. The summed E-state index contributed by atoms with van der Waals surface area (Å²) in [6.07, 6.45) is 5.77. The lowest BCUT2D eigenvalue weighted by Crippen LogP contribution is -2.23. The van der Waals surface area contributed by atoms with Crippen molar-refractivity contribution in [2.75, 3.05) is 12.3 Å². The number of thioether (sulfide) groups is 1. The van der Waals surface area contributed by atoms with Crippen molar-refractivity contribution in [1.29, 1.82) is 0 Å². The van der Waals surface area contributed by atoms with Crippen LogP contribution in [0.15, 0.2) is 16.8 Å². The molecule has 1 fully saturated rings. The van der Waals surface area contributed by atoms with Crippen LogP contribution < -0.4 is 5.32 Å². The van der Waals surface area contributed by atoms with E-state index in [9.17, 15) is 0 Å². The van der Waals surface area contributed by atoms with Gasteiger partial charge in [-0.1, -0.05) is 19.8 Å². The van der Waals surface area contributed by atoms with Crippen LogP contribution in [0.25, 0.3) is 0 Å². The summed E-state index contributed by atoms with van der Waals surface area (Å²) >= 11 is 3.98. The van der Waals surface area contributed by atoms with Crippen LogP contribution in [0.5, 0.6) is 0 Å². The maximum atomic E-state index is 3.59. The predicted molar refractivity (Wildman–Crippen MR) is 75.5 cm³/mol. The van der Waals surface area contributed by atoms with E-state index in [0.29, 0.717) is 6.04 Å². The molecule has 90 valence electrons. The van der Waals surface area contributed by atoms with Crippen molar-refractivity contribution in [3.63, 3.8) is 0 Å². The Bertz CT molecular complexity index is 278. The maximum absolute atomic E-state index is 3.59. The first kappa shape index (κ1) is 12.5. The SMILES string of the molecule is CCNC(CSC1CCCC1)c1ccsc1. The molecule has 16 heavy (non-hydrogen) atoms. The highest BCUT2D eigenvalue weighted by molar-refractivity contribution is 7.99. The third-order valence-corrected chi connectivity index (χ3v) is 5.37. The van der Waals surface area contributed by atoms with Crippen LogP contribution in [0.3, 0.4) is 0 Å². The molecule has 1 aliphatic carbocycles. The second-order valence-corrected chi connectivity index (χ2v) is 6.52. The van der Waals surface area contributed by atoms with Crippen molar-refractivity contribution in [2.45, 2.75) is 43.9 Å². The molecule has 1 nitrogen and oxygen atoms in total. The highest BCUT2D eigenvalue weighted by Gasteiger charge is 2.18. The summed E-state index contributed by atoms with van der Waals surface area (Å²) in [5, 5.41) is 8.99. The zero-order valence-corrected chi connectivity index (χ0v) is 11.6. The van der Waals surface area contributed by atoms with Gasteiger partial charge in [-0.2, -0.15) is 23.1 Å². The van der Waals surface area contributed by atoms with Gasteiger partial charge in [0.2, 0.25) is 0 Å². The summed E-state index contributed by atoms with van der Waals surface area (Å²) in [6, 6.07) is 2.81. The molecule has 0 amide bonds. The van der Waals surface area contributed by atoms with E-state index < -0.39 is 0 Å². The first-order valence-electron chi connectivity index (χ1n) is 6.27. The van der Waals surface area contributed by atoms with Gasteiger partial charge in [-0.15, -0.1) is 0 Å². The Morgan fingerprint density at radius 3 is 2.94 bits per heavy atom. The minimum Gasteiger partial charge on any atom is -0.309 e. The summed E-state index contributed by atoms with van der Waals surface area (Å²) in [6.45, 7) is 3.26. The lowest BCUT2D eigenvalue weighted by Gasteiger charge is -2.18. The van der Waals surface area contributed by atoms with Crippen LogP contribution in [-0.4, -0.2) is 17.5 Å². The fraction of sp³-hybridized carbons (Fsp3) is 0.692. The molecule has 1 aromatic heterocycles. The molecule has 1 saturated carbocycles. The number of rotatable bonds is 6. The molecular weight excluding hydrogens is 234 g/mol. The van der Waals surface area contributed by atoms with E-state index in [2.05, 4.69) is 40.8 Å². The highest BCUT2D eigenvalue weighted by Crippen LogP contribution is 2.32. The predicted octanol–water partition coefficient (Wildman–Crippen LogP) is 4.07. The van der Waals surface area contributed by atoms with Gasteiger partial charge in [0.25, 0.3) is 0 Å². The minimum atomic E-state index is 0.557. The van der Waals surface area contributed by atoms with Crippen molar-refractivity contribution in [3.8, 4) is 0 Å². The van der Waals surface area contributed by atoms with Gasteiger partial charge in [0.15, 0.2) is 0 Å². The molecule has 0 radical (unpaired) electrons. The first-order chi connectivity index (χ1) is 7.90. The summed E-state index contributed by atoms with van der Waals surface area (Å²) in [5.41, 5.74) is 1.47. The van der Waals surface area contributed by atoms with Crippen LogP contribution in [0, 0.1) is 0 Å². The van der Waals surface area contributed by atoms with Crippen molar-refractivity contribution in [2.24, 2.45) is 0 Å². The molecule has 3 heteroatoms. The monoisotopic (exact) mass is 255 g/mol. The zero-order chi connectivity index (χ0) is 11.2. The summed E-state index contributed by atoms with van der Waals surface area (Å²) in [4.78, 5) is 0. The fourth-order valence-corrected chi connectivity index (χ4v) is 4.44. The zero-order valence-electron chi connectivity index (χ0n) is 9.95. The first-order valence-corrected chi connectivity index (χ1v) is 8.26. The number of hydrogen-bond donors (Lipinski definition) is 1. The van der Waals surface area contributed by atoms with E-state index in [1.807, 2.05) is 0 Å². The average molecular weight is 255 g/mol. The molecule has 1 N–H and O–H groups in total. The van der Waals surface area contributed by atoms with Gasteiger partial charge in [0, 0.05) is 17.0 Å². The molecule has 0 aliphatic heterocycles. The molecule has 1 unspecified atom stereocenters. The van der Waals surface area contributed by atoms with E-state index >= 15 is 0 Å². The molecule has 1 atom stereocenters. The van der Waals surface area contributed by atoms with Crippen molar-refractivity contribution >= 4 is 23.1 Å². The van der Waals surface area contributed by atoms with Gasteiger partial charge in [-0.05, 0) is 41.8 Å². The second-order valence-electron chi connectivity index (χ2n) is 4.41. The van der Waals surface area contributed by atoms with E-state index in [0.717, 1.165) is 11.8 Å². The fourth-order valence-electron chi connectivity index (χ4n) is 2.28. The largest absolute Gasteiger partial charge is 0.309 e. The molecule has 2 rings (SSSR count). The molecule has 1 aliphatic rings. The van der Waals surface area contributed by atoms with Gasteiger partial charge in [-0.3, -0.25) is 0 Å². The number of nitrogens with one attached hydrogen (secondary N) is 1. The minimum absolute atomic E-state index is 0.557. The molecule has 1 aromatic rings. The summed E-state index contributed by atoms with van der Waals surface area (Å²) in [5.74, 6) is 1.23. The topological polar surface area (TPSA) is 12.0 Å². The van der Waals surface area contributed by atoms with Crippen LogP contribution >= 0.6 is 23.1 Å². The maximum Gasteiger partial charge on any atom is 0.0420 e. The van der Waals surface area contributed by atoms with Crippen molar-refractivity contribution in [1.82, 2.24) is 5.32 Å². The van der Waals surface area contributed by atoms with Gasteiger partial charge >= 0.3 is 0 Å². The van der Waals surface area contributed by atoms with E-state index in [-0.39, 0.29) is 0 Å². The Labute approximate surface area is 107 Å². The smallest absolute Gasteiger partial charge is 0.0420 e. The van der Waals surface area contributed by atoms with Gasteiger partial charge in [0.1, 0.15) is 0 Å². The Morgan fingerprint density at radius 1 is 1.50 bits per heavy atom. The van der Waals surface area contributed by atoms with Crippen LogP contribution in [-0.2, 0) is 0 Å². The summed E-state index contributed by atoms with van der Waals surface area (Å²) in [7, 11) is 0. The highest BCUT2D eigenvalue weighted by atomic mass is 32.2. The molecule has 1 heterocycles. The molecule has 0 aromatic carbocycles. The Kier molecular flexibility index (Phi) is 5.20. The number of thiophene rings is 1. The Morgan fingerprint density at radius 2 is 2.31 bits per heavy atom. The molecule has 0 saturated heterocycles. The standard InChI is InChI=1S/C13H21NS2/c1-2-14-13(11-7-8-15-9-11)10-16-12-5-3-4-6-12/h7-9,12-14H,2-6,10H2,1H3. The van der Waals surface area contributed by atoms with Gasteiger partial charge < -0.3 is 5.32 Å². The molecular formula is C13H21NS2. The van der Waals surface area contributed by atoms with E-state index in [1.54, 1.807) is 11.3 Å². The molecule has 0 spiro atoms. The quantitative estimate of drug-likeness (QED) is 0.822. The van der Waals surface area contributed by atoms with Gasteiger partial charge in [0.05, 0.1) is 0 Å². The average Bonchev–Trinajstić information content (AvgIpc) is 2.96. The Balaban J connectivity index is 1.82. The normalized spacial score (nSPS) is 19.1. The van der Waals surface area contributed by atoms with Crippen LogP contribution in [0.4, 0.5) is 0 Å². The third kappa shape index (κ3) is 3.51. The van der Waals surface area contributed by atoms with E-state index in [1.165, 1.54) is 37.0 Å².